The molecule has 2 aromatic rings. The minimum atomic E-state index is 0.583. The molecule has 0 atom stereocenters. The lowest BCUT2D eigenvalue weighted by Crippen LogP contribution is -1.81. The van der Waals surface area contributed by atoms with Gasteiger partial charge in [-0.15, -0.1) is 0 Å². The molecule has 0 aliphatic carbocycles. The average molecular weight is 187 g/mol. The Kier molecular flexibility index (Phi) is 2.14. The van der Waals surface area contributed by atoms with E-state index in [4.69, 9.17) is 4.42 Å². The Labute approximate surface area is 81.4 Å². The summed E-state index contributed by atoms with van der Waals surface area (Å²) < 4.78 is 5.22. The first-order valence-electron chi connectivity index (χ1n) is 4.27. The third kappa shape index (κ3) is 1.57. The molecule has 0 N–H and O–H groups in total. The highest BCUT2D eigenvalue weighted by Crippen LogP contribution is 2.18. The summed E-state index contributed by atoms with van der Waals surface area (Å²) in [7, 11) is 0. The van der Waals surface area contributed by atoms with Gasteiger partial charge in [0.05, 0.1) is 5.69 Å². The molecule has 0 fully saturated rings. The normalized spacial score (nSPS) is 10.1. The quantitative estimate of drug-likeness (QED) is 0.678. The topological polar surface area (TPSA) is 43.1 Å². The van der Waals surface area contributed by atoms with E-state index in [1.165, 1.54) is 0 Å². The second kappa shape index (κ2) is 3.46. The smallest absolute Gasteiger partial charge is 0.226 e. The van der Waals surface area contributed by atoms with Crippen LogP contribution in [0, 0.1) is 6.92 Å². The van der Waals surface area contributed by atoms with Gasteiger partial charge >= 0.3 is 0 Å². The number of aryl methyl sites for hydroxylation is 1. The summed E-state index contributed by atoms with van der Waals surface area (Å²) in [5, 5.41) is 0. The summed E-state index contributed by atoms with van der Waals surface area (Å²) in [5.74, 6) is 0.583. The molecule has 0 spiro atoms. The first-order chi connectivity index (χ1) is 6.79. The molecule has 0 radical (unpaired) electrons. The van der Waals surface area contributed by atoms with Crippen molar-refractivity contribution < 1.29 is 9.21 Å². The van der Waals surface area contributed by atoms with Crippen LogP contribution in [0.5, 0.6) is 0 Å². The molecule has 1 aromatic carbocycles. The zero-order chi connectivity index (χ0) is 9.97. The van der Waals surface area contributed by atoms with E-state index in [1.54, 1.807) is 18.4 Å². The van der Waals surface area contributed by atoms with Crippen molar-refractivity contribution in [3.63, 3.8) is 0 Å². The standard InChI is InChI=1S/C11H9NO2/c1-8-7-14-11(12-8)10-4-2-9(6-13)3-5-10/h2-7H,1H3. The Morgan fingerprint density at radius 3 is 2.50 bits per heavy atom. The van der Waals surface area contributed by atoms with E-state index in [9.17, 15) is 4.79 Å². The summed E-state index contributed by atoms with van der Waals surface area (Å²) in [4.78, 5) is 14.6. The van der Waals surface area contributed by atoms with E-state index in [2.05, 4.69) is 4.98 Å². The molecular weight excluding hydrogens is 178 g/mol. The first-order valence-corrected chi connectivity index (χ1v) is 4.27. The molecule has 14 heavy (non-hydrogen) atoms. The van der Waals surface area contributed by atoms with Crippen LogP contribution in [0.2, 0.25) is 0 Å². The molecule has 70 valence electrons. The van der Waals surface area contributed by atoms with Crippen LogP contribution in [-0.2, 0) is 0 Å². The van der Waals surface area contributed by atoms with E-state index in [-0.39, 0.29) is 0 Å². The van der Waals surface area contributed by atoms with Crippen LogP contribution in [0.3, 0.4) is 0 Å². The lowest BCUT2D eigenvalue weighted by atomic mass is 10.1. The van der Waals surface area contributed by atoms with Gasteiger partial charge < -0.3 is 4.42 Å². The largest absolute Gasteiger partial charge is 0.444 e. The molecule has 0 amide bonds. The Balaban J connectivity index is 2.38. The summed E-state index contributed by atoms with van der Waals surface area (Å²) in [6, 6.07) is 7.10. The Morgan fingerprint density at radius 2 is 2.00 bits per heavy atom. The zero-order valence-electron chi connectivity index (χ0n) is 7.73. The van der Waals surface area contributed by atoms with Crippen molar-refractivity contribution >= 4 is 6.29 Å². The van der Waals surface area contributed by atoms with Gasteiger partial charge in [0.25, 0.3) is 0 Å². The number of carbonyl (C=O) groups is 1. The van der Waals surface area contributed by atoms with Crippen molar-refractivity contribution in [3.8, 4) is 11.5 Å². The zero-order valence-corrected chi connectivity index (χ0v) is 7.73. The van der Waals surface area contributed by atoms with Gasteiger partial charge in [0.2, 0.25) is 5.89 Å². The number of oxazole rings is 1. The Hall–Kier alpha value is -1.90. The van der Waals surface area contributed by atoms with Crippen LogP contribution >= 0.6 is 0 Å². The van der Waals surface area contributed by atoms with Crippen molar-refractivity contribution in [2.24, 2.45) is 0 Å². The summed E-state index contributed by atoms with van der Waals surface area (Å²) in [5.41, 5.74) is 2.38. The molecule has 0 aliphatic rings. The van der Waals surface area contributed by atoms with E-state index in [0.29, 0.717) is 11.5 Å². The highest BCUT2D eigenvalue weighted by molar-refractivity contribution is 5.75. The van der Waals surface area contributed by atoms with Gasteiger partial charge in [0, 0.05) is 11.1 Å². The van der Waals surface area contributed by atoms with Crippen molar-refractivity contribution in [1.29, 1.82) is 0 Å². The second-order valence-corrected chi connectivity index (χ2v) is 3.03. The van der Waals surface area contributed by atoms with Crippen LogP contribution in [0.25, 0.3) is 11.5 Å². The number of rotatable bonds is 2. The molecule has 2 rings (SSSR count). The molecule has 0 saturated carbocycles. The number of aromatic nitrogens is 1. The van der Waals surface area contributed by atoms with Crippen LogP contribution in [0.1, 0.15) is 16.1 Å². The SMILES string of the molecule is Cc1coc(-c2ccc(C=O)cc2)n1. The maximum absolute atomic E-state index is 10.4. The lowest BCUT2D eigenvalue weighted by Gasteiger charge is -1.94. The summed E-state index contributed by atoms with van der Waals surface area (Å²) >= 11 is 0. The molecule has 0 aliphatic heterocycles. The number of hydrogen-bond acceptors (Lipinski definition) is 3. The van der Waals surface area contributed by atoms with E-state index < -0.39 is 0 Å². The highest BCUT2D eigenvalue weighted by Gasteiger charge is 2.03. The van der Waals surface area contributed by atoms with Gasteiger partial charge in [-0.25, -0.2) is 4.98 Å². The van der Waals surface area contributed by atoms with Gasteiger partial charge in [-0.1, -0.05) is 12.1 Å². The fourth-order valence-electron chi connectivity index (χ4n) is 1.19. The van der Waals surface area contributed by atoms with Crippen LogP contribution in [0.4, 0.5) is 0 Å². The number of benzene rings is 1. The predicted octanol–water partition coefficient (Wildman–Crippen LogP) is 2.46. The maximum Gasteiger partial charge on any atom is 0.226 e. The number of hydrogen-bond donors (Lipinski definition) is 0. The third-order valence-electron chi connectivity index (χ3n) is 1.91. The van der Waals surface area contributed by atoms with Crippen molar-refractivity contribution in [2.45, 2.75) is 6.92 Å². The number of carbonyl (C=O) groups excluding carboxylic acids is 1. The minimum Gasteiger partial charge on any atom is -0.444 e. The fraction of sp³-hybridized carbons (Fsp3) is 0.0909. The van der Waals surface area contributed by atoms with Gasteiger partial charge in [-0.3, -0.25) is 4.79 Å². The molecule has 0 bridgehead atoms. The summed E-state index contributed by atoms with van der Waals surface area (Å²) in [6.07, 6.45) is 2.41. The van der Waals surface area contributed by atoms with E-state index in [0.717, 1.165) is 17.5 Å². The second-order valence-electron chi connectivity index (χ2n) is 3.03. The molecule has 1 aromatic heterocycles. The van der Waals surface area contributed by atoms with E-state index >= 15 is 0 Å². The first kappa shape index (κ1) is 8.69. The fourth-order valence-corrected chi connectivity index (χ4v) is 1.19. The van der Waals surface area contributed by atoms with E-state index in [1.807, 2.05) is 19.1 Å². The van der Waals surface area contributed by atoms with Crippen molar-refractivity contribution in [2.75, 3.05) is 0 Å². The number of aldehydes is 1. The Bertz CT molecular complexity index is 443. The summed E-state index contributed by atoms with van der Waals surface area (Å²) in [6.45, 7) is 1.87. The van der Waals surface area contributed by atoms with Gasteiger partial charge in [-0.05, 0) is 19.1 Å². The molecule has 3 nitrogen and oxygen atoms in total. The van der Waals surface area contributed by atoms with Gasteiger partial charge in [-0.2, -0.15) is 0 Å². The van der Waals surface area contributed by atoms with Crippen LogP contribution in [0.15, 0.2) is 34.9 Å². The predicted molar refractivity (Wildman–Crippen MR) is 52.1 cm³/mol. The molecule has 0 saturated heterocycles. The van der Waals surface area contributed by atoms with Crippen LogP contribution in [-0.4, -0.2) is 11.3 Å². The monoisotopic (exact) mass is 187 g/mol. The Morgan fingerprint density at radius 1 is 1.29 bits per heavy atom. The maximum atomic E-state index is 10.4. The van der Waals surface area contributed by atoms with Crippen molar-refractivity contribution in [3.05, 3.63) is 41.8 Å². The minimum absolute atomic E-state index is 0.583. The van der Waals surface area contributed by atoms with Crippen molar-refractivity contribution in [1.82, 2.24) is 4.98 Å². The number of nitrogens with zero attached hydrogens (tertiary/aromatic N) is 1. The molecule has 0 unspecified atom stereocenters. The lowest BCUT2D eigenvalue weighted by molar-refractivity contribution is 0.112. The van der Waals surface area contributed by atoms with Crippen LogP contribution < -0.4 is 0 Å². The third-order valence-corrected chi connectivity index (χ3v) is 1.91. The highest BCUT2D eigenvalue weighted by atomic mass is 16.3. The van der Waals surface area contributed by atoms with Gasteiger partial charge in [0.15, 0.2) is 0 Å². The molecule has 3 heteroatoms. The molecular formula is C11H9NO2. The average Bonchev–Trinajstić information content (AvgIpc) is 2.65. The van der Waals surface area contributed by atoms with Gasteiger partial charge in [0.1, 0.15) is 12.5 Å². The molecule has 1 heterocycles.